The van der Waals surface area contributed by atoms with Gasteiger partial charge in [0.25, 0.3) is 5.91 Å². The highest BCUT2D eigenvalue weighted by atomic mass is 32.1. The van der Waals surface area contributed by atoms with E-state index >= 15 is 0 Å². The van der Waals surface area contributed by atoms with Gasteiger partial charge in [0.15, 0.2) is 5.76 Å². The van der Waals surface area contributed by atoms with Crippen molar-refractivity contribution in [1.82, 2.24) is 25.1 Å². The van der Waals surface area contributed by atoms with E-state index in [0.29, 0.717) is 35.8 Å². The molecule has 4 aromatic rings. The van der Waals surface area contributed by atoms with Crippen LogP contribution in [0.4, 0.5) is 0 Å². The number of nitrogens with zero attached hydrogens (tertiary/aromatic N) is 4. The predicted octanol–water partition coefficient (Wildman–Crippen LogP) is 4.11. The number of hydrogen-bond donors (Lipinski definition) is 2. The first-order valence-electron chi connectivity index (χ1n) is 11.0. The molecule has 9 nitrogen and oxygen atoms in total. The van der Waals surface area contributed by atoms with Crippen LogP contribution in [0.15, 0.2) is 58.9 Å². The van der Waals surface area contributed by atoms with Gasteiger partial charge in [0.2, 0.25) is 11.8 Å². The van der Waals surface area contributed by atoms with Gasteiger partial charge in [-0.25, -0.2) is 4.98 Å². The molecule has 3 N–H and O–H groups in total. The molecule has 10 heteroatoms. The number of carbonyl (C=O) groups excluding carboxylic acids is 2. The highest BCUT2D eigenvalue weighted by Gasteiger charge is 2.22. The van der Waals surface area contributed by atoms with Crippen LogP contribution in [-0.2, 0) is 11.8 Å². The van der Waals surface area contributed by atoms with E-state index in [1.54, 1.807) is 16.4 Å². The summed E-state index contributed by atoms with van der Waals surface area (Å²) in [5.74, 6) is 0.537. The van der Waals surface area contributed by atoms with Crippen LogP contribution in [0, 0.1) is 0 Å². The monoisotopic (exact) mass is 478 g/mol. The number of unbranched alkanes of at least 4 members (excludes halogenated alkanes) is 2. The van der Waals surface area contributed by atoms with Crippen LogP contribution in [0.2, 0.25) is 0 Å². The van der Waals surface area contributed by atoms with Gasteiger partial charge in [-0.1, -0.05) is 37.1 Å². The van der Waals surface area contributed by atoms with Crippen molar-refractivity contribution in [3.05, 3.63) is 65.2 Å². The molecule has 0 aliphatic carbocycles. The number of aromatic nitrogens is 4. The topological polar surface area (TPSA) is 129 Å². The maximum Gasteiger partial charge on any atom is 0.263 e. The first-order chi connectivity index (χ1) is 16.5. The Morgan fingerprint density at radius 1 is 1.12 bits per heavy atom. The van der Waals surface area contributed by atoms with Crippen LogP contribution < -0.4 is 11.1 Å². The average Bonchev–Trinajstić information content (AvgIpc) is 3.60. The summed E-state index contributed by atoms with van der Waals surface area (Å²) in [5, 5.41) is 7.43. The van der Waals surface area contributed by atoms with Gasteiger partial charge in [0.05, 0.1) is 23.6 Å². The van der Waals surface area contributed by atoms with Crippen molar-refractivity contribution in [2.45, 2.75) is 38.1 Å². The van der Waals surface area contributed by atoms with E-state index < -0.39 is 6.04 Å². The summed E-state index contributed by atoms with van der Waals surface area (Å²) in [4.78, 5) is 32.6. The zero-order valence-electron chi connectivity index (χ0n) is 18.8. The number of rotatable bonds is 11. The molecule has 0 saturated heterocycles. The van der Waals surface area contributed by atoms with Crippen molar-refractivity contribution >= 4 is 23.2 Å². The molecule has 1 aromatic carbocycles. The van der Waals surface area contributed by atoms with Gasteiger partial charge in [-0.15, -0.1) is 11.3 Å². The zero-order chi connectivity index (χ0) is 23.9. The van der Waals surface area contributed by atoms with Gasteiger partial charge >= 0.3 is 0 Å². The summed E-state index contributed by atoms with van der Waals surface area (Å²) in [7, 11) is 1.88. The minimum absolute atomic E-state index is 0.218. The molecule has 0 saturated carbocycles. The van der Waals surface area contributed by atoms with Crippen LogP contribution in [-0.4, -0.2) is 31.6 Å². The summed E-state index contributed by atoms with van der Waals surface area (Å²) in [5.41, 5.74) is 9.62. The fourth-order valence-electron chi connectivity index (χ4n) is 3.60. The van der Waals surface area contributed by atoms with Crippen LogP contribution in [0.3, 0.4) is 0 Å². The maximum atomic E-state index is 12.6. The molecule has 0 spiro atoms. The van der Waals surface area contributed by atoms with E-state index in [4.69, 9.17) is 10.2 Å². The summed E-state index contributed by atoms with van der Waals surface area (Å²) in [6.45, 7) is 0. The number of thiazole rings is 1. The Bertz CT molecular complexity index is 1230. The molecule has 34 heavy (non-hydrogen) atoms. The van der Waals surface area contributed by atoms with Crippen molar-refractivity contribution < 1.29 is 14.0 Å². The number of carbonyl (C=O) groups is 2. The molecule has 4 rings (SSSR count). The summed E-state index contributed by atoms with van der Waals surface area (Å²) in [6, 6.07) is 9.46. The van der Waals surface area contributed by atoms with Gasteiger partial charge in [-0.2, -0.15) is 5.10 Å². The Morgan fingerprint density at radius 3 is 2.59 bits per heavy atom. The summed E-state index contributed by atoms with van der Waals surface area (Å²) >= 11 is 1.27. The minimum Gasteiger partial charge on any atom is -0.438 e. The van der Waals surface area contributed by atoms with E-state index in [0.717, 1.165) is 29.7 Å². The molecular weight excluding hydrogens is 452 g/mol. The van der Waals surface area contributed by atoms with Crippen molar-refractivity contribution in [3.8, 4) is 22.6 Å². The Kier molecular flexibility index (Phi) is 7.48. The molecule has 1 atom stereocenters. The zero-order valence-corrected chi connectivity index (χ0v) is 19.6. The fourth-order valence-corrected chi connectivity index (χ4v) is 4.12. The third-order valence-electron chi connectivity index (χ3n) is 5.38. The largest absolute Gasteiger partial charge is 0.438 e. The fraction of sp³-hybridized carbons (Fsp3) is 0.292. The molecule has 0 aliphatic heterocycles. The van der Waals surface area contributed by atoms with Crippen LogP contribution in [0.25, 0.3) is 22.6 Å². The lowest BCUT2D eigenvalue weighted by Gasteiger charge is -2.15. The lowest BCUT2D eigenvalue weighted by Crippen LogP contribution is -2.28. The second kappa shape index (κ2) is 10.9. The molecule has 3 heterocycles. The number of hydrogen-bond acceptors (Lipinski definition) is 7. The predicted molar refractivity (Wildman–Crippen MR) is 129 cm³/mol. The van der Waals surface area contributed by atoms with Gasteiger partial charge < -0.3 is 15.5 Å². The molecule has 0 radical (unpaired) electrons. The molecule has 1 unspecified atom stereocenters. The van der Waals surface area contributed by atoms with Gasteiger partial charge in [0.1, 0.15) is 10.9 Å². The van der Waals surface area contributed by atoms with Crippen molar-refractivity contribution in [2.75, 3.05) is 0 Å². The first kappa shape index (κ1) is 23.4. The maximum absolute atomic E-state index is 12.6. The SMILES string of the molecule is Cn1ccc(-c2ccc(-c3cnc(C(CCCCCC(N)=O)NC(=O)c4cncs4)o3)cc2)n1. The Morgan fingerprint density at radius 2 is 1.91 bits per heavy atom. The smallest absolute Gasteiger partial charge is 0.263 e. The number of primary amides is 1. The summed E-state index contributed by atoms with van der Waals surface area (Å²) < 4.78 is 7.83. The summed E-state index contributed by atoms with van der Waals surface area (Å²) in [6.07, 6.45) is 8.41. The molecule has 0 aliphatic rings. The molecule has 0 bridgehead atoms. The highest BCUT2D eigenvalue weighted by molar-refractivity contribution is 7.11. The van der Waals surface area contributed by atoms with Crippen molar-refractivity contribution in [3.63, 3.8) is 0 Å². The van der Waals surface area contributed by atoms with Gasteiger partial charge in [-0.05, 0) is 18.9 Å². The van der Waals surface area contributed by atoms with E-state index in [1.165, 1.54) is 17.5 Å². The number of aryl methyl sites for hydroxylation is 1. The first-order valence-corrected chi connectivity index (χ1v) is 11.9. The van der Waals surface area contributed by atoms with Crippen molar-refractivity contribution in [2.24, 2.45) is 12.8 Å². The molecule has 3 aromatic heterocycles. The number of oxazole rings is 1. The number of amides is 2. The molecule has 176 valence electrons. The second-order valence-electron chi connectivity index (χ2n) is 7.97. The van der Waals surface area contributed by atoms with Crippen LogP contribution in [0.5, 0.6) is 0 Å². The number of nitrogens with one attached hydrogen (secondary N) is 1. The van der Waals surface area contributed by atoms with E-state index in [1.807, 2.05) is 43.6 Å². The van der Waals surface area contributed by atoms with E-state index in [2.05, 4.69) is 20.4 Å². The quantitative estimate of drug-likeness (QED) is 0.312. The third-order valence-corrected chi connectivity index (χ3v) is 6.15. The number of benzene rings is 1. The Balaban J connectivity index is 1.47. The second-order valence-corrected chi connectivity index (χ2v) is 8.86. The molecular formula is C24H26N6O3S. The molecule has 0 fully saturated rings. The standard InChI is InChI=1S/C24H26N6O3S/c1-30-12-11-18(29-30)16-7-9-17(10-8-16)20-13-27-24(33-20)19(5-3-2-4-6-22(25)31)28-23(32)21-14-26-15-34-21/h7-15,19H,2-6H2,1H3,(H2,25,31)(H,28,32). The number of nitrogens with two attached hydrogens (primary N) is 1. The van der Waals surface area contributed by atoms with E-state index in [-0.39, 0.29) is 11.8 Å². The minimum atomic E-state index is -0.398. The highest BCUT2D eigenvalue weighted by Crippen LogP contribution is 2.28. The van der Waals surface area contributed by atoms with Gasteiger partial charge in [0, 0.05) is 30.8 Å². The Labute approximate surface area is 201 Å². The van der Waals surface area contributed by atoms with E-state index in [9.17, 15) is 9.59 Å². The lowest BCUT2D eigenvalue weighted by molar-refractivity contribution is -0.118. The normalized spacial score (nSPS) is 11.9. The third kappa shape index (κ3) is 5.96. The van der Waals surface area contributed by atoms with Gasteiger partial charge in [-0.3, -0.25) is 19.3 Å². The molecule has 2 amide bonds. The lowest BCUT2D eigenvalue weighted by atomic mass is 10.1. The van der Waals surface area contributed by atoms with Crippen LogP contribution in [0.1, 0.15) is 53.7 Å². The van der Waals surface area contributed by atoms with Crippen LogP contribution >= 0.6 is 11.3 Å². The Hall–Kier alpha value is -3.79. The average molecular weight is 479 g/mol. The van der Waals surface area contributed by atoms with Crippen molar-refractivity contribution in [1.29, 1.82) is 0 Å².